The Bertz CT molecular complexity index is 1300. The molecule has 0 fully saturated rings. The highest BCUT2D eigenvalue weighted by Crippen LogP contribution is 2.27. The normalized spacial score (nSPS) is 12.3. The number of benzene rings is 4. The van der Waals surface area contributed by atoms with Gasteiger partial charge in [0.2, 0.25) is 0 Å². The van der Waals surface area contributed by atoms with Gasteiger partial charge in [-0.15, -0.1) is 11.8 Å². The highest BCUT2D eigenvalue weighted by molar-refractivity contribution is 9.10. The van der Waals surface area contributed by atoms with Gasteiger partial charge < -0.3 is 5.11 Å². The summed E-state index contributed by atoms with van der Waals surface area (Å²) in [4.78, 5) is 24.6. The van der Waals surface area contributed by atoms with Gasteiger partial charge in [0.1, 0.15) is 4.83 Å². The van der Waals surface area contributed by atoms with Gasteiger partial charge in [-0.2, -0.15) is 0 Å². The van der Waals surface area contributed by atoms with E-state index in [1.165, 1.54) is 0 Å². The lowest BCUT2D eigenvalue weighted by atomic mass is 9.99. The van der Waals surface area contributed by atoms with Crippen molar-refractivity contribution in [1.82, 2.24) is 0 Å². The molecule has 0 radical (unpaired) electrons. The second kappa shape index (κ2) is 14.5. The first-order chi connectivity index (χ1) is 17.9. The maximum Gasteiger partial charge on any atom is 0.185 e. The second-order valence-corrected chi connectivity index (χ2v) is 10.2. The van der Waals surface area contributed by atoms with Crippen molar-refractivity contribution in [2.45, 2.75) is 22.8 Å². The van der Waals surface area contributed by atoms with Gasteiger partial charge in [-0.05, 0) is 42.5 Å². The molecule has 188 valence electrons. The molecule has 4 aromatic rings. The van der Waals surface area contributed by atoms with E-state index in [0.717, 1.165) is 27.1 Å². The first-order valence-corrected chi connectivity index (χ1v) is 13.9. The molecule has 5 heteroatoms. The summed E-state index contributed by atoms with van der Waals surface area (Å²) in [5.74, 6) is -0.0825. The monoisotopic (exact) mass is 572 g/mol. The molecule has 2 atom stereocenters. The van der Waals surface area contributed by atoms with Gasteiger partial charge in [0, 0.05) is 16.0 Å². The number of halogens is 1. The summed E-state index contributed by atoms with van der Waals surface area (Å²) >= 11 is 4.97. The van der Waals surface area contributed by atoms with Crippen LogP contribution in [-0.4, -0.2) is 27.8 Å². The van der Waals surface area contributed by atoms with E-state index in [0.29, 0.717) is 5.56 Å². The molecule has 37 heavy (non-hydrogen) atoms. The Morgan fingerprint density at radius 1 is 0.784 bits per heavy atom. The summed E-state index contributed by atoms with van der Waals surface area (Å²) in [5.41, 5.74) is 4.18. The predicted molar refractivity (Wildman–Crippen MR) is 158 cm³/mol. The van der Waals surface area contributed by atoms with Crippen LogP contribution in [0, 0.1) is 6.92 Å². The van der Waals surface area contributed by atoms with Crippen LogP contribution in [0.3, 0.4) is 0 Å². The van der Waals surface area contributed by atoms with Crippen LogP contribution >= 0.6 is 27.7 Å². The van der Waals surface area contributed by atoms with Crippen molar-refractivity contribution < 1.29 is 14.7 Å². The predicted octanol–water partition coefficient (Wildman–Crippen LogP) is 7.98. The minimum Gasteiger partial charge on any atom is -0.387 e. The number of hydrogen-bond donors (Lipinski definition) is 1. The molecule has 0 amide bonds. The van der Waals surface area contributed by atoms with Gasteiger partial charge in [0.05, 0.1) is 6.10 Å². The molecule has 0 aliphatic carbocycles. The average Bonchev–Trinajstić information content (AvgIpc) is 2.96. The van der Waals surface area contributed by atoms with Gasteiger partial charge in [0.15, 0.2) is 11.6 Å². The fourth-order valence-corrected chi connectivity index (χ4v) is 4.40. The third-order valence-electron chi connectivity index (χ3n) is 5.61. The zero-order valence-corrected chi connectivity index (χ0v) is 23.2. The minimum atomic E-state index is -0.866. The zero-order valence-electron chi connectivity index (χ0n) is 20.8. The van der Waals surface area contributed by atoms with Crippen LogP contribution in [-0.2, 0) is 0 Å². The van der Waals surface area contributed by atoms with Crippen molar-refractivity contribution in [3.63, 3.8) is 0 Å². The van der Waals surface area contributed by atoms with Crippen molar-refractivity contribution in [2.24, 2.45) is 0 Å². The van der Waals surface area contributed by atoms with E-state index in [4.69, 9.17) is 0 Å². The van der Waals surface area contributed by atoms with E-state index < -0.39 is 10.9 Å². The number of aliphatic hydroxyl groups is 1. The van der Waals surface area contributed by atoms with Crippen molar-refractivity contribution in [3.05, 3.63) is 143 Å². The van der Waals surface area contributed by atoms with E-state index in [2.05, 4.69) is 15.9 Å². The number of carbonyl (C=O) groups is 2. The Morgan fingerprint density at radius 3 is 1.92 bits per heavy atom. The molecule has 0 aliphatic rings. The molecule has 1 N–H and O–H groups in total. The summed E-state index contributed by atoms with van der Waals surface area (Å²) in [6.45, 7) is 1.97. The first kappa shape index (κ1) is 28.3. The molecule has 0 bridgehead atoms. The van der Waals surface area contributed by atoms with Gasteiger partial charge in [-0.1, -0.05) is 125 Å². The lowest BCUT2D eigenvalue weighted by Gasteiger charge is -2.17. The first-order valence-electron chi connectivity index (χ1n) is 11.8. The number of hydrogen-bond acceptors (Lipinski definition) is 4. The van der Waals surface area contributed by atoms with E-state index in [1.54, 1.807) is 30.0 Å². The number of carbonyl (C=O) groups excluding carboxylic acids is 2. The van der Waals surface area contributed by atoms with Gasteiger partial charge >= 0.3 is 0 Å². The lowest BCUT2D eigenvalue weighted by molar-refractivity contribution is 0.0902. The molecular weight excluding hydrogens is 544 g/mol. The maximum atomic E-state index is 12.4. The Balaban J connectivity index is 0.000000213. The summed E-state index contributed by atoms with van der Waals surface area (Å²) in [7, 11) is 0. The van der Waals surface area contributed by atoms with Crippen LogP contribution in [0.5, 0.6) is 0 Å². The Kier molecular flexibility index (Phi) is 11.1. The summed E-state index contributed by atoms with van der Waals surface area (Å²) < 4.78 is 0. The standard InChI is InChI=1S/C17H17BrO2S.C15H12O/c1-11-3-5-12(6-4-11)16(19)15(18)17(20)13-7-9-14(21-2)10-8-13;16-15(14-9-5-2-6-10-14)12-11-13-7-3-1-4-8-13/h3-10,15,17,20H,1-2H3;1-12H. The summed E-state index contributed by atoms with van der Waals surface area (Å²) in [6.07, 6.45) is 4.56. The molecule has 0 aromatic heterocycles. The molecule has 3 nitrogen and oxygen atoms in total. The highest BCUT2D eigenvalue weighted by Gasteiger charge is 2.26. The van der Waals surface area contributed by atoms with Gasteiger partial charge in [-0.3, -0.25) is 9.59 Å². The lowest BCUT2D eigenvalue weighted by Crippen LogP contribution is -2.22. The summed E-state index contributed by atoms with van der Waals surface area (Å²) in [6, 6.07) is 34.0. The average molecular weight is 574 g/mol. The molecule has 4 aromatic carbocycles. The number of alkyl halides is 1. The number of aryl methyl sites for hydroxylation is 1. The van der Waals surface area contributed by atoms with E-state index in [1.807, 2.05) is 116 Å². The minimum absolute atomic E-state index is 0.0319. The molecule has 4 rings (SSSR count). The largest absolute Gasteiger partial charge is 0.387 e. The highest BCUT2D eigenvalue weighted by atomic mass is 79.9. The molecule has 0 aliphatic heterocycles. The molecular formula is C32H29BrO3S. The van der Waals surface area contributed by atoms with Crippen LogP contribution < -0.4 is 0 Å². The van der Waals surface area contributed by atoms with Gasteiger partial charge in [-0.25, -0.2) is 0 Å². The van der Waals surface area contributed by atoms with Crippen molar-refractivity contribution >= 4 is 45.3 Å². The molecule has 0 spiro atoms. The smallest absolute Gasteiger partial charge is 0.185 e. The van der Waals surface area contributed by atoms with E-state index in [-0.39, 0.29) is 11.6 Å². The summed E-state index contributed by atoms with van der Waals surface area (Å²) in [5, 5.41) is 10.4. The number of Topliss-reactive ketones (excluding diaryl/α,β-unsaturated/α-hetero) is 1. The Hall–Kier alpha value is -3.25. The van der Waals surface area contributed by atoms with Crippen LogP contribution in [0.1, 0.15) is 43.5 Å². The van der Waals surface area contributed by atoms with E-state index >= 15 is 0 Å². The van der Waals surface area contributed by atoms with E-state index in [9.17, 15) is 14.7 Å². The Labute approximate surface area is 231 Å². The zero-order chi connectivity index (χ0) is 26.6. The number of thioether (sulfide) groups is 1. The fourth-order valence-electron chi connectivity index (χ4n) is 3.43. The maximum absolute atomic E-state index is 12.4. The third-order valence-corrected chi connectivity index (χ3v) is 7.27. The van der Waals surface area contributed by atoms with Crippen molar-refractivity contribution in [3.8, 4) is 0 Å². The number of allylic oxidation sites excluding steroid dienone is 1. The van der Waals surface area contributed by atoms with Gasteiger partial charge in [0.25, 0.3) is 0 Å². The Morgan fingerprint density at radius 2 is 1.35 bits per heavy atom. The molecule has 0 heterocycles. The van der Waals surface area contributed by atoms with Crippen molar-refractivity contribution in [2.75, 3.05) is 6.26 Å². The number of rotatable bonds is 8. The molecule has 0 saturated carbocycles. The van der Waals surface area contributed by atoms with Crippen molar-refractivity contribution in [1.29, 1.82) is 0 Å². The fraction of sp³-hybridized carbons (Fsp3) is 0.125. The van der Waals surface area contributed by atoms with Crippen LogP contribution in [0.15, 0.2) is 120 Å². The molecule has 2 unspecified atom stereocenters. The third kappa shape index (κ3) is 8.67. The quantitative estimate of drug-likeness (QED) is 0.101. The second-order valence-electron chi connectivity index (χ2n) is 8.32. The SMILES string of the molecule is CSc1ccc(C(O)C(Br)C(=O)c2ccc(C)cc2)cc1.O=C(C=Cc1ccccc1)c1ccccc1. The topological polar surface area (TPSA) is 54.4 Å². The van der Waals surface area contributed by atoms with Crippen LogP contribution in [0.25, 0.3) is 6.08 Å². The number of aliphatic hydroxyl groups excluding tert-OH is 1. The van der Waals surface area contributed by atoms with Crippen LogP contribution in [0.2, 0.25) is 0 Å². The van der Waals surface area contributed by atoms with Crippen LogP contribution in [0.4, 0.5) is 0 Å². The number of ketones is 2. The molecule has 0 saturated heterocycles.